The summed E-state index contributed by atoms with van der Waals surface area (Å²) in [5.41, 5.74) is 0. The highest BCUT2D eigenvalue weighted by Gasteiger charge is 1.96. The van der Waals surface area contributed by atoms with Crippen LogP contribution in [0.5, 0.6) is 0 Å². The normalized spacial score (nSPS) is 10.2. The van der Waals surface area contributed by atoms with Gasteiger partial charge < -0.3 is 10.6 Å². The fourth-order valence-electron chi connectivity index (χ4n) is 1.53. The third kappa shape index (κ3) is 6.36. The third-order valence-corrected chi connectivity index (χ3v) is 3.20. The van der Waals surface area contributed by atoms with Gasteiger partial charge in [0.2, 0.25) is 0 Å². The van der Waals surface area contributed by atoms with Crippen LogP contribution in [0.2, 0.25) is 0 Å². The summed E-state index contributed by atoms with van der Waals surface area (Å²) in [5.74, 6) is 3.03. The van der Waals surface area contributed by atoms with Gasteiger partial charge in [0.05, 0.1) is 0 Å². The molecule has 0 radical (unpaired) electrons. The number of aromatic nitrogens is 2. The molecule has 0 amide bonds. The summed E-state index contributed by atoms with van der Waals surface area (Å²) >= 11 is 1.93. The van der Waals surface area contributed by atoms with Crippen LogP contribution in [-0.4, -0.2) is 35.6 Å². The molecule has 0 aliphatic heterocycles. The Kier molecular flexibility index (Phi) is 7.54. The molecule has 0 unspecified atom stereocenters. The van der Waals surface area contributed by atoms with Gasteiger partial charge in [0.15, 0.2) is 0 Å². The Balaban J connectivity index is 2.09. The summed E-state index contributed by atoms with van der Waals surface area (Å²) in [6, 6.07) is 1.92. The number of unbranched alkanes of at least 4 members (excludes halogenated alkanes) is 3. The Morgan fingerprint density at radius 3 is 2.65 bits per heavy atom. The van der Waals surface area contributed by atoms with Gasteiger partial charge in [0.1, 0.15) is 18.0 Å². The molecule has 0 atom stereocenters. The fraction of sp³-hybridized carbons (Fsp3) is 0.667. The van der Waals surface area contributed by atoms with Gasteiger partial charge in [-0.25, -0.2) is 9.97 Å². The van der Waals surface area contributed by atoms with E-state index in [4.69, 9.17) is 0 Å². The van der Waals surface area contributed by atoms with E-state index in [9.17, 15) is 0 Å². The van der Waals surface area contributed by atoms with Gasteiger partial charge in [-0.2, -0.15) is 11.8 Å². The summed E-state index contributed by atoms with van der Waals surface area (Å²) in [4.78, 5) is 8.24. The first kappa shape index (κ1) is 14.1. The highest BCUT2D eigenvalue weighted by Crippen LogP contribution is 2.08. The molecule has 0 aliphatic rings. The van der Waals surface area contributed by atoms with Crippen molar-refractivity contribution in [3.8, 4) is 0 Å². The maximum atomic E-state index is 4.17. The van der Waals surface area contributed by atoms with Crippen molar-refractivity contribution in [3.05, 3.63) is 12.4 Å². The molecule has 1 aromatic rings. The lowest BCUT2D eigenvalue weighted by Crippen LogP contribution is -2.04. The highest BCUT2D eigenvalue weighted by molar-refractivity contribution is 7.98. The van der Waals surface area contributed by atoms with E-state index in [2.05, 4.69) is 26.9 Å². The Labute approximate surface area is 108 Å². The molecule has 0 spiro atoms. The molecular formula is C12H22N4S. The molecule has 96 valence electrons. The molecule has 1 heterocycles. The zero-order valence-electron chi connectivity index (χ0n) is 10.7. The number of nitrogens with one attached hydrogen (secondary N) is 2. The quantitative estimate of drug-likeness (QED) is 0.664. The lowest BCUT2D eigenvalue weighted by atomic mass is 10.2. The van der Waals surface area contributed by atoms with Crippen molar-refractivity contribution in [3.63, 3.8) is 0 Å². The molecule has 0 aromatic carbocycles. The van der Waals surface area contributed by atoms with Gasteiger partial charge >= 0.3 is 0 Å². The van der Waals surface area contributed by atoms with Crippen LogP contribution in [0.3, 0.4) is 0 Å². The molecule has 0 saturated carbocycles. The van der Waals surface area contributed by atoms with E-state index >= 15 is 0 Å². The van der Waals surface area contributed by atoms with Crippen molar-refractivity contribution in [2.24, 2.45) is 0 Å². The standard InChI is InChI=1S/C12H22N4S/c1-13-11-9-12(16-10-15-11)14-7-5-3-4-6-8-17-2/h9-10H,3-8H2,1-2H3,(H2,13,14,15,16). The lowest BCUT2D eigenvalue weighted by molar-refractivity contribution is 0.688. The topological polar surface area (TPSA) is 49.8 Å². The minimum absolute atomic E-state index is 0.850. The summed E-state index contributed by atoms with van der Waals surface area (Å²) in [7, 11) is 1.86. The minimum Gasteiger partial charge on any atom is -0.373 e. The van der Waals surface area contributed by atoms with Gasteiger partial charge in [0.25, 0.3) is 0 Å². The van der Waals surface area contributed by atoms with Crippen molar-refractivity contribution in [1.29, 1.82) is 0 Å². The Bertz CT molecular complexity index is 306. The van der Waals surface area contributed by atoms with E-state index in [-0.39, 0.29) is 0 Å². The molecule has 0 saturated heterocycles. The highest BCUT2D eigenvalue weighted by atomic mass is 32.2. The molecule has 1 rings (SSSR count). The molecule has 0 bridgehead atoms. The van der Waals surface area contributed by atoms with Crippen molar-refractivity contribution in [1.82, 2.24) is 9.97 Å². The number of thioether (sulfide) groups is 1. The molecule has 0 aliphatic carbocycles. The molecular weight excluding hydrogens is 232 g/mol. The molecule has 1 aromatic heterocycles. The monoisotopic (exact) mass is 254 g/mol. The molecule has 0 fully saturated rings. The van der Waals surface area contributed by atoms with Crippen LogP contribution in [0.1, 0.15) is 25.7 Å². The average Bonchev–Trinajstić information content (AvgIpc) is 2.38. The van der Waals surface area contributed by atoms with Crippen LogP contribution in [-0.2, 0) is 0 Å². The van der Waals surface area contributed by atoms with Crippen molar-refractivity contribution in [2.45, 2.75) is 25.7 Å². The van der Waals surface area contributed by atoms with E-state index in [0.717, 1.165) is 18.2 Å². The largest absolute Gasteiger partial charge is 0.373 e. The van der Waals surface area contributed by atoms with E-state index in [1.54, 1.807) is 6.33 Å². The second kappa shape index (κ2) is 9.10. The molecule has 5 heteroatoms. The first-order valence-electron chi connectivity index (χ1n) is 6.09. The summed E-state index contributed by atoms with van der Waals surface area (Å²) in [6.07, 6.45) is 8.89. The number of hydrogen-bond donors (Lipinski definition) is 2. The first-order valence-corrected chi connectivity index (χ1v) is 7.49. The van der Waals surface area contributed by atoms with E-state index in [1.165, 1.54) is 31.4 Å². The second-order valence-electron chi connectivity index (χ2n) is 3.87. The lowest BCUT2D eigenvalue weighted by Gasteiger charge is -2.06. The molecule has 4 nitrogen and oxygen atoms in total. The summed E-state index contributed by atoms with van der Waals surface area (Å²) in [6.45, 7) is 0.986. The van der Waals surface area contributed by atoms with Crippen LogP contribution in [0.25, 0.3) is 0 Å². The van der Waals surface area contributed by atoms with E-state index < -0.39 is 0 Å². The first-order chi connectivity index (χ1) is 8.36. The molecule has 17 heavy (non-hydrogen) atoms. The second-order valence-corrected chi connectivity index (χ2v) is 4.86. The van der Waals surface area contributed by atoms with Crippen LogP contribution in [0.15, 0.2) is 12.4 Å². The van der Waals surface area contributed by atoms with Crippen LogP contribution in [0.4, 0.5) is 11.6 Å². The van der Waals surface area contributed by atoms with Crippen molar-refractivity contribution >= 4 is 23.4 Å². The number of nitrogens with zero attached hydrogens (tertiary/aromatic N) is 2. The van der Waals surface area contributed by atoms with E-state index in [1.807, 2.05) is 24.9 Å². The number of hydrogen-bond acceptors (Lipinski definition) is 5. The number of rotatable bonds is 9. The average molecular weight is 254 g/mol. The zero-order valence-corrected chi connectivity index (χ0v) is 11.5. The van der Waals surface area contributed by atoms with Crippen LogP contribution >= 0.6 is 11.8 Å². The Hall–Kier alpha value is -0.970. The smallest absolute Gasteiger partial charge is 0.131 e. The summed E-state index contributed by atoms with van der Waals surface area (Å²) in [5, 5.41) is 6.31. The maximum Gasteiger partial charge on any atom is 0.131 e. The fourth-order valence-corrected chi connectivity index (χ4v) is 2.02. The van der Waals surface area contributed by atoms with E-state index in [0.29, 0.717) is 0 Å². The minimum atomic E-state index is 0.850. The van der Waals surface area contributed by atoms with Gasteiger partial charge in [0, 0.05) is 19.7 Å². The predicted molar refractivity (Wildman–Crippen MR) is 76.9 cm³/mol. The van der Waals surface area contributed by atoms with Gasteiger partial charge in [-0.05, 0) is 24.9 Å². The summed E-state index contributed by atoms with van der Waals surface area (Å²) < 4.78 is 0. The van der Waals surface area contributed by atoms with Crippen molar-refractivity contribution < 1.29 is 0 Å². The predicted octanol–water partition coefficient (Wildman–Crippen LogP) is 2.85. The van der Waals surface area contributed by atoms with Gasteiger partial charge in [-0.3, -0.25) is 0 Å². The number of anilines is 2. The molecule has 2 N–H and O–H groups in total. The Morgan fingerprint density at radius 2 is 1.88 bits per heavy atom. The van der Waals surface area contributed by atoms with Crippen LogP contribution in [0, 0.1) is 0 Å². The van der Waals surface area contributed by atoms with Crippen LogP contribution < -0.4 is 10.6 Å². The third-order valence-electron chi connectivity index (χ3n) is 2.50. The SMILES string of the molecule is CNc1cc(NCCCCCCSC)ncn1. The maximum absolute atomic E-state index is 4.17. The Morgan fingerprint density at radius 1 is 1.12 bits per heavy atom. The zero-order chi connectivity index (χ0) is 12.3. The van der Waals surface area contributed by atoms with Crippen molar-refractivity contribution in [2.75, 3.05) is 36.2 Å². The van der Waals surface area contributed by atoms with Gasteiger partial charge in [-0.15, -0.1) is 0 Å². The van der Waals surface area contributed by atoms with Gasteiger partial charge in [-0.1, -0.05) is 12.8 Å².